The van der Waals surface area contributed by atoms with Gasteiger partial charge in [0.05, 0.1) is 29.7 Å². The molecule has 13 heteroatoms. The van der Waals surface area contributed by atoms with E-state index in [1.807, 2.05) is 20.8 Å². The van der Waals surface area contributed by atoms with E-state index in [2.05, 4.69) is 15.2 Å². The van der Waals surface area contributed by atoms with Gasteiger partial charge in [-0.15, -0.1) is 4.68 Å². The molecule has 2 aromatic heterocycles. The van der Waals surface area contributed by atoms with E-state index in [9.17, 15) is 23.4 Å². The Morgan fingerprint density at radius 2 is 1.90 bits per heavy atom. The van der Waals surface area contributed by atoms with Crippen LogP contribution in [0, 0.1) is 5.92 Å². The quantitative estimate of drug-likeness (QED) is 0.274. The molecule has 3 N–H and O–H groups in total. The van der Waals surface area contributed by atoms with Gasteiger partial charge in [0, 0.05) is 31.2 Å². The van der Waals surface area contributed by atoms with Gasteiger partial charge in [-0.1, -0.05) is 29.9 Å². The van der Waals surface area contributed by atoms with Crippen LogP contribution >= 0.6 is 0 Å². The van der Waals surface area contributed by atoms with Crippen LogP contribution in [0.15, 0.2) is 27.9 Å². The Kier molecular flexibility index (Phi) is 9.28. The standard InChI is InChI=1S/C27H40N6O6S/c1-5-8-23-29-31(4)26-25(35)28-24(30-33(23)26)21-18-20(9-10-22(21)39-7-3)40(37,38)32-15-11-19(12-16-32)27(36,13-6-2)14-17-34/h9-10,18-19,34,36H,5-8,11-17H2,1-4H3/p+1. The van der Waals surface area contributed by atoms with Gasteiger partial charge in [0.15, 0.2) is 5.82 Å². The van der Waals surface area contributed by atoms with E-state index in [1.165, 1.54) is 25.6 Å². The van der Waals surface area contributed by atoms with Crippen molar-refractivity contribution in [2.75, 3.05) is 26.3 Å². The molecule has 0 saturated carbocycles. The fourth-order valence-electron chi connectivity index (χ4n) is 5.74. The maximum atomic E-state index is 13.7. The lowest BCUT2D eigenvalue weighted by Gasteiger charge is -2.41. The van der Waals surface area contributed by atoms with Gasteiger partial charge in [-0.05, 0) is 63.1 Å². The number of hydrogen-bond donors (Lipinski definition) is 3. The molecule has 1 aromatic carbocycles. The van der Waals surface area contributed by atoms with Crippen LogP contribution in [0.25, 0.3) is 17.0 Å². The van der Waals surface area contributed by atoms with Crippen LogP contribution in [0.3, 0.4) is 0 Å². The van der Waals surface area contributed by atoms with Crippen molar-refractivity contribution < 1.29 is 27.9 Å². The van der Waals surface area contributed by atoms with E-state index in [1.54, 1.807) is 13.1 Å². The van der Waals surface area contributed by atoms with E-state index in [-0.39, 0.29) is 48.4 Å². The molecule has 220 valence electrons. The first-order valence-electron chi connectivity index (χ1n) is 14.1. The second-order valence-electron chi connectivity index (χ2n) is 10.4. The predicted octanol–water partition coefficient (Wildman–Crippen LogP) is 1.57. The summed E-state index contributed by atoms with van der Waals surface area (Å²) in [5.74, 6) is 1.12. The van der Waals surface area contributed by atoms with Crippen LogP contribution < -0.4 is 14.8 Å². The number of aromatic nitrogens is 5. The number of nitrogens with one attached hydrogen (secondary N) is 1. The minimum atomic E-state index is -3.88. The van der Waals surface area contributed by atoms with Gasteiger partial charge in [0.2, 0.25) is 10.0 Å². The van der Waals surface area contributed by atoms with E-state index in [0.717, 1.165) is 12.8 Å². The number of aliphatic hydroxyl groups is 2. The monoisotopic (exact) mass is 577 g/mol. The molecule has 1 atom stereocenters. The van der Waals surface area contributed by atoms with Crippen molar-refractivity contribution in [2.24, 2.45) is 13.0 Å². The maximum absolute atomic E-state index is 13.7. The van der Waals surface area contributed by atoms with Crippen LogP contribution in [-0.4, -0.2) is 74.7 Å². The summed E-state index contributed by atoms with van der Waals surface area (Å²) < 4.78 is 37.7. The lowest BCUT2D eigenvalue weighted by Crippen LogP contribution is -2.47. The zero-order chi connectivity index (χ0) is 29.1. The Morgan fingerprint density at radius 1 is 1.18 bits per heavy atom. The summed E-state index contributed by atoms with van der Waals surface area (Å²) in [5, 5.41) is 29.7. The van der Waals surface area contributed by atoms with Gasteiger partial charge in [-0.2, -0.15) is 4.31 Å². The molecule has 1 aliphatic rings. The van der Waals surface area contributed by atoms with Crippen LogP contribution in [0.1, 0.15) is 65.1 Å². The zero-order valence-electron chi connectivity index (χ0n) is 23.8. The number of rotatable bonds is 12. The molecule has 3 aromatic rings. The topological polar surface area (TPSA) is 155 Å². The molecule has 1 aliphatic heterocycles. The molecule has 0 spiro atoms. The fourth-order valence-corrected chi connectivity index (χ4v) is 7.23. The predicted molar refractivity (Wildman–Crippen MR) is 148 cm³/mol. The Labute approximate surface area is 234 Å². The molecule has 40 heavy (non-hydrogen) atoms. The number of piperidine rings is 1. The highest BCUT2D eigenvalue weighted by atomic mass is 32.2. The van der Waals surface area contributed by atoms with Crippen molar-refractivity contribution in [2.45, 2.75) is 76.2 Å². The molecule has 12 nitrogen and oxygen atoms in total. The van der Waals surface area contributed by atoms with Gasteiger partial charge >= 0.3 is 17.0 Å². The Balaban J connectivity index is 1.69. The molecule has 0 amide bonds. The molecule has 1 fully saturated rings. The number of sulfonamides is 1. The van der Waals surface area contributed by atoms with Crippen molar-refractivity contribution in [3.05, 3.63) is 34.4 Å². The number of ether oxygens (including phenoxy) is 1. The van der Waals surface area contributed by atoms with E-state index >= 15 is 0 Å². The third kappa shape index (κ3) is 5.78. The molecular weight excluding hydrogens is 536 g/mol. The maximum Gasteiger partial charge on any atom is 0.350 e. The fraction of sp³-hybridized carbons (Fsp3) is 0.630. The van der Waals surface area contributed by atoms with Crippen LogP contribution in [0.4, 0.5) is 0 Å². The third-order valence-corrected chi connectivity index (χ3v) is 9.61. The lowest BCUT2D eigenvalue weighted by atomic mass is 9.76. The average molecular weight is 578 g/mol. The number of aliphatic hydroxyl groups excluding tert-OH is 1. The van der Waals surface area contributed by atoms with Crippen molar-refractivity contribution in [3.8, 4) is 17.1 Å². The SMILES string of the molecule is CCCc1nn(C)c2c(=O)[nH]c(-c3cc(S(=O)(=O)N4CCC(C(O)(CCC)CCO)CC4)ccc3OCC)n[n+]12. The number of benzene rings is 1. The normalized spacial score (nSPS) is 16.9. The van der Waals surface area contributed by atoms with Gasteiger partial charge in [0.25, 0.3) is 0 Å². The molecular formula is C27H41N6O6S+. The molecule has 4 rings (SSSR count). The van der Waals surface area contributed by atoms with Crippen molar-refractivity contribution in [1.82, 2.24) is 24.2 Å². The van der Waals surface area contributed by atoms with E-state index in [4.69, 9.17) is 4.74 Å². The van der Waals surface area contributed by atoms with E-state index in [0.29, 0.717) is 49.4 Å². The molecule has 1 saturated heterocycles. The van der Waals surface area contributed by atoms with Gasteiger partial charge in [-0.3, -0.25) is 9.78 Å². The first-order chi connectivity index (χ1) is 19.1. The molecule has 0 bridgehead atoms. The van der Waals surface area contributed by atoms with Gasteiger partial charge in [-0.25, -0.2) is 8.42 Å². The smallest absolute Gasteiger partial charge is 0.350 e. The first-order valence-corrected chi connectivity index (χ1v) is 15.5. The summed E-state index contributed by atoms with van der Waals surface area (Å²) >= 11 is 0. The summed E-state index contributed by atoms with van der Waals surface area (Å²) in [6, 6.07) is 4.59. The summed E-state index contributed by atoms with van der Waals surface area (Å²) in [7, 11) is -2.20. The molecule has 3 heterocycles. The number of aromatic amines is 1. The molecule has 0 radical (unpaired) electrons. The number of aryl methyl sites for hydroxylation is 2. The first kappa shape index (κ1) is 30.1. The Bertz CT molecular complexity index is 1490. The summed E-state index contributed by atoms with van der Waals surface area (Å²) in [4.78, 5) is 15.9. The highest BCUT2D eigenvalue weighted by molar-refractivity contribution is 7.89. The number of H-pyrrole nitrogens is 1. The third-order valence-electron chi connectivity index (χ3n) is 7.71. The van der Waals surface area contributed by atoms with E-state index < -0.39 is 21.2 Å². The van der Waals surface area contributed by atoms with Crippen molar-refractivity contribution >= 4 is 15.7 Å². The minimum Gasteiger partial charge on any atom is -0.493 e. The second kappa shape index (κ2) is 12.3. The summed E-state index contributed by atoms with van der Waals surface area (Å²) in [6.07, 6.45) is 4.07. The van der Waals surface area contributed by atoms with Crippen LogP contribution in [0.5, 0.6) is 5.75 Å². The van der Waals surface area contributed by atoms with Gasteiger partial charge < -0.3 is 14.9 Å². The Hall–Kier alpha value is -2.87. The van der Waals surface area contributed by atoms with Crippen molar-refractivity contribution in [3.63, 3.8) is 0 Å². The second-order valence-corrected chi connectivity index (χ2v) is 12.4. The summed E-state index contributed by atoms with van der Waals surface area (Å²) in [6.45, 7) is 6.58. The number of fused-ring (bicyclic) bond motifs is 1. The number of hydrogen-bond acceptors (Lipinski definition) is 8. The molecule has 1 unspecified atom stereocenters. The average Bonchev–Trinajstić information content (AvgIpc) is 3.24. The van der Waals surface area contributed by atoms with Crippen LogP contribution in [0.2, 0.25) is 0 Å². The summed E-state index contributed by atoms with van der Waals surface area (Å²) in [5.41, 5.74) is -0.762. The Morgan fingerprint density at radius 3 is 2.52 bits per heavy atom. The molecule has 0 aliphatic carbocycles. The lowest BCUT2D eigenvalue weighted by molar-refractivity contribution is -0.590. The minimum absolute atomic E-state index is 0.0660. The van der Waals surface area contributed by atoms with Gasteiger partial charge in [0.1, 0.15) is 5.75 Å². The highest BCUT2D eigenvalue weighted by Gasteiger charge is 2.40. The largest absolute Gasteiger partial charge is 0.493 e. The number of nitrogens with zero attached hydrogens (tertiary/aromatic N) is 5. The van der Waals surface area contributed by atoms with Crippen molar-refractivity contribution in [1.29, 1.82) is 0 Å². The van der Waals surface area contributed by atoms with Crippen LogP contribution in [-0.2, 0) is 23.5 Å². The zero-order valence-corrected chi connectivity index (χ0v) is 24.6. The highest BCUT2D eigenvalue weighted by Crippen LogP contribution is 2.37.